The van der Waals surface area contributed by atoms with Gasteiger partial charge in [0.05, 0.1) is 11.8 Å². The molecule has 2 N–H and O–H groups in total. The fourth-order valence-electron chi connectivity index (χ4n) is 0.747. The van der Waals surface area contributed by atoms with Crippen molar-refractivity contribution in [3.05, 3.63) is 0 Å². The maximum atomic E-state index is 11.3. The average molecular weight is 204 g/mol. The first kappa shape index (κ1) is 12.4. The molecule has 0 fully saturated rings. The van der Waals surface area contributed by atoms with E-state index >= 15 is 0 Å². The van der Waals surface area contributed by atoms with Gasteiger partial charge in [-0.05, 0) is 13.5 Å². The van der Waals surface area contributed by atoms with Crippen LogP contribution in [-0.2, 0) is 10.0 Å². The van der Waals surface area contributed by atoms with Crippen LogP contribution < -0.4 is 10.0 Å². The van der Waals surface area contributed by atoms with Gasteiger partial charge in [0.25, 0.3) is 0 Å². The van der Waals surface area contributed by atoms with Crippen LogP contribution in [0.3, 0.4) is 0 Å². The minimum atomic E-state index is -3.22. The van der Waals surface area contributed by atoms with Crippen molar-refractivity contribution in [1.82, 2.24) is 10.0 Å². The molecule has 0 aromatic heterocycles. The van der Waals surface area contributed by atoms with Crippen LogP contribution in [0.5, 0.6) is 0 Å². The lowest BCUT2D eigenvalue weighted by atomic mass is 10.3. The van der Waals surface area contributed by atoms with Gasteiger partial charge in [0, 0.05) is 6.54 Å². The van der Waals surface area contributed by atoms with E-state index in [1.54, 1.807) is 7.05 Å². The van der Waals surface area contributed by atoms with E-state index in [0.717, 1.165) is 0 Å². The van der Waals surface area contributed by atoms with Crippen molar-refractivity contribution in [2.24, 2.45) is 0 Å². The third kappa shape index (κ3) is 5.64. The van der Waals surface area contributed by atoms with Gasteiger partial charge in [0.15, 0.2) is 0 Å². The molecule has 0 bridgehead atoms. The molecule has 0 aromatic rings. The second-order valence-electron chi connectivity index (χ2n) is 2.67. The Labute approximate surface area is 80.2 Å². The quantitative estimate of drug-likeness (QED) is 0.575. The highest BCUT2D eigenvalue weighted by Gasteiger charge is 2.13. The number of hydrogen-bond donors (Lipinski definition) is 2. The largest absolute Gasteiger partial charge is 0.319 e. The maximum absolute atomic E-state index is 11.3. The molecular formula is C8H16N2O2S. The second kappa shape index (κ2) is 5.97. The van der Waals surface area contributed by atoms with E-state index < -0.39 is 10.0 Å². The highest BCUT2D eigenvalue weighted by atomic mass is 32.2. The molecule has 0 amide bonds. The monoisotopic (exact) mass is 204 g/mol. The van der Waals surface area contributed by atoms with E-state index in [0.29, 0.717) is 13.0 Å². The van der Waals surface area contributed by atoms with Crippen molar-refractivity contribution in [3.8, 4) is 12.3 Å². The van der Waals surface area contributed by atoms with Crippen LogP contribution >= 0.6 is 0 Å². The summed E-state index contributed by atoms with van der Waals surface area (Å²) in [5, 5.41) is 2.76. The Morgan fingerprint density at radius 2 is 2.15 bits per heavy atom. The summed E-state index contributed by atoms with van der Waals surface area (Å²) < 4.78 is 25.0. The van der Waals surface area contributed by atoms with Gasteiger partial charge in [-0.2, -0.15) is 0 Å². The fourth-order valence-corrected chi connectivity index (χ4v) is 2.01. The van der Waals surface area contributed by atoms with Gasteiger partial charge in [0.2, 0.25) is 10.0 Å². The Morgan fingerprint density at radius 1 is 1.54 bits per heavy atom. The summed E-state index contributed by atoms with van der Waals surface area (Å²) >= 11 is 0. The summed E-state index contributed by atoms with van der Waals surface area (Å²) in [6.07, 6.45) is 5.73. The molecule has 0 radical (unpaired) electrons. The molecule has 0 aromatic carbocycles. The van der Waals surface area contributed by atoms with Gasteiger partial charge in [-0.3, -0.25) is 0 Å². The fraction of sp³-hybridized carbons (Fsp3) is 0.750. The summed E-state index contributed by atoms with van der Waals surface area (Å²) in [7, 11) is -1.52. The van der Waals surface area contributed by atoms with Crippen molar-refractivity contribution in [2.75, 3.05) is 19.3 Å². The Bertz CT molecular complexity index is 266. The molecule has 1 atom stereocenters. The lowest BCUT2D eigenvalue weighted by molar-refractivity contribution is 0.568. The summed E-state index contributed by atoms with van der Waals surface area (Å²) in [4.78, 5) is 0. The van der Waals surface area contributed by atoms with Crippen LogP contribution in [0.25, 0.3) is 0 Å². The number of rotatable bonds is 6. The topological polar surface area (TPSA) is 58.2 Å². The molecule has 0 aliphatic carbocycles. The normalized spacial score (nSPS) is 13.6. The van der Waals surface area contributed by atoms with Crippen molar-refractivity contribution >= 4 is 10.0 Å². The number of nitrogens with one attached hydrogen (secondary N) is 2. The standard InChI is InChI=1S/C8H16N2O2S/c1-4-8(5-2)10-13(11,12)7-6-9-3/h1,8-10H,5-7H2,2-3H3. The van der Waals surface area contributed by atoms with Crippen LogP contribution in [0.15, 0.2) is 0 Å². The van der Waals surface area contributed by atoms with Crippen molar-refractivity contribution in [3.63, 3.8) is 0 Å². The lowest BCUT2D eigenvalue weighted by Crippen LogP contribution is -2.37. The molecule has 0 spiro atoms. The third-order valence-electron chi connectivity index (χ3n) is 1.55. The Hall–Kier alpha value is -0.570. The molecule has 0 heterocycles. The first-order valence-corrected chi connectivity index (χ1v) is 5.81. The molecule has 1 unspecified atom stereocenters. The van der Waals surface area contributed by atoms with E-state index in [9.17, 15) is 8.42 Å². The summed E-state index contributed by atoms with van der Waals surface area (Å²) in [6, 6.07) is -0.387. The summed E-state index contributed by atoms with van der Waals surface area (Å²) in [5.41, 5.74) is 0. The average Bonchev–Trinajstić information content (AvgIpc) is 2.11. The van der Waals surface area contributed by atoms with Crippen LogP contribution in [0.2, 0.25) is 0 Å². The van der Waals surface area contributed by atoms with Gasteiger partial charge < -0.3 is 5.32 Å². The van der Waals surface area contributed by atoms with E-state index in [2.05, 4.69) is 16.0 Å². The van der Waals surface area contributed by atoms with Crippen molar-refractivity contribution < 1.29 is 8.42 Å². The Morgan fingerprint density at radius 3 is 2.54 bits per heavy atom. The van der Waals surface area contributed by atoms with E-state index in [1.807, 2.05) is 6.92 Å². The molecule has 4 nitrogen and oxygen atoms in total. The number of terminal acetylenes is 1. The first-order valence-electron chi connectivity index (χ1n) is 4.16. The maximum Gasteiger partial charge on any atom is 0.213 e. The Balaban J connectivity index is 4.10. The zero-order chi connectivity index (χ0) is 10.3. The zero-order valence-electron chi connectivity index (χ0n) is 8.00. The third-order valence-corrected chi connectivity index (χ3v) is 2.94. The number of sulfonamides is 1. The number of hydrogen-bond acceptors (Lipinski definition) is 3. The van der Waals surface area contributed by atoms with Gasteiger partial charge in [0.1, 0.15) is 0 Å². The molecule has 0 saturated carbocycles. The molecule has 5 heteroatoms. The second-order valence-corrected chi connectivity index (χ2v) is 4.54. The molecular weight excluding hydrogens is 188 g/mol. The molecule has 13 heavy (non-hydrogen) atoms. The Kier molecular flexibility index (Phi) is 5.71. The molecule has 0 aliphatic heterocycles. The van der Waals surface area contributed by atoms with E-state index in [-0.39, 0.29) is 11.8 Å². The first-order chi connectivity index (χ1) is 6.05. The van der Waals surface area contributed by atoms with Gasteiger partial charge >= 0.3 is 0 Å². The predicted octanol–water partition coefficient (Wildman–Crippen LogP) is -0.463. The van der Waals surface area contributed by atoms with Gasteiger partial charge in [-0.1, -0.05) is 12.8 Å². The molecule has 0 saturated heterocycles. The smallest absolute Gasteiger partial charge is 0.213 e. The predicted molar refractivity (Wildman–Crippen MR) is 53.8 cm³/mol. The summed E-state index contributed by atoms with van der Waals surface area (Å²) in [5.74, 6) is 2.43. The minimum absolute atomic E-state index is 0.0572. The van der Waals surface area contributed by atoms with E-state index in [1.165, 1.54) is 0 Å². The van der Waals surface area contributed by atoms with Crippen LogP contribution in [0, 0.1) is 12.3 Å². The lowest BCUT2D eigenvalue weighted by Gasteiger charge is -2.10. The van der Waals surface area contributed by atoms with Gasteiger partial charge in [-0.25, -0.2) is 13.1 Å². The SMILES string of the molecule is C#CC(CC)NS(=O)(=O)CCNC. The molecule has 0 rings (SSSR count). The molecule has 76 valence electrons. The zero-order valence-corrected chi connectivity index (χ0v) is 8.82. The highest BCUT2D eigenvalue weighted by Crippen LogP contribution is 1.92. The van der Waals surface area contributed by atoms with E-state index in [4.69, 9.17) is 6.42 Å². The van der Waals surface area contributed by atoms with Gasteiger partial charge in [-0.15, -0.1) is 6.42 Å². The van der Waals surface area contributed by atoms with Crippen LogP contribution in [0.1, 0.15) is 13.3 Å². The van der Waals surface area contributed by atoms with Crippen LogP contribution in [-0.4, -0.2) is 33.8 Å². The van der Waals surface area contributed by atoms with Crippen LogP contribution in [0.4, 0.5) is 0 Å². The molecule has 0 aliphatic rings. The van der Waals surface area contributed by atoms with Crippen molar-refractivity contribution in [1.29, 1.82) is 0 Å². The summed E-state index contributed by atoms with van der Waals surface area (Å²) in [6.45, 7) is 2.27. The minimum Gasteiger partial charge on any atom is -0.319 e. The highest BCUT2D eigenvalue weighted by molar-refractivity contribution is 7.89. The van der Waals surface area contributed by atoms with Crippen molar-refractivity contribution in [2.45, 2.75) is 19.4 Å².